The summed E-state index contributed by atoms with van der Waals surface area (Å²) in [6.45, 7) is 14.4. The Morgan fingerprint density at radius 2 is 1.93 bits per heavy atom. The number of pyridine rings is 1. The molecule has 0 fully saturated rings. The highest BCUT2D eigenvalue weighted by Gasteiger charge is 2.40. The van der Waals surface area contributed by atoms with Crippen LogP contribution < -0.4 is 10.1 Å². The van der Waals surface area contributed by atoms with Gasteiger partial charge in [-0.25, -0.2) is 14.2 Å². The highest BCUT2D eigenvalue weighted by atomic mass is 19.1. The SMILES string of the molecule is CCn1cc(-c2ccc3oc4c(c3c2)CC(C)N(CC(C)(C)F)C4c2ccc(OCCNC(=O)OC(C)(C)C)nc2)cn1. The fraction of sp³-hybridized carbons (Fsp3) is 0.485. The number of benzene rings is 1. The summed E-state index contributed by atoms with van der Waals surface area (Å²) in [4.78, 5) is 18.6. The Morgan fingerprint density at radius 1 is 1.14 bits per heavy atom. The van der Waals surface area contributed by atoms with Gasteiger partial charge in [-0.1, -0.05) is 12.1 Å². The van der Waals surface area contributed by atoms with E-state index in [4.69, 9.17) is 13.9 Å². The van der Waals surface area contributed by atoms with E-state index < -0.39 is 17.4 Å². The molecule has 0 radical (unpaired) electrons. The Hall–Kier alpha value is -3.92. The van der Waals surface area contributed by atoms with Gasteiger partial charge in [0, 0.05) is 54.1 Å². The molecule has 9 nitrogen and oxygen atoms in total. The van der Waals surface area contributed by atoms with E-state index in [0.29, 0.717) is 5.88 Å². The van der Waals surface area contributed by atoms with Crippen molar-refractivity contribution in [2.75, 3.05) is 19.7 Å². The molecule has 4 aromatic rings. The predicted octanol–water partition coefficient (Wildman–Crippen LogP) is 6.70. The maximum Gasteiger partial charge on any atom is 0.407 e. The topological polar surface area (TPSA) is 94.7 Å². The molecule has 1 N–H and O–H groups in total. The summed E-state index contributed by atoms with van der Waals surface area (Å²) in [6.07, 6.45) is 5.95. The number of ether oxygens (including phenoxy) is 2. The van der Waals surface area contributed by atoms with Crippen LogP contribution in [0.15, 0.2) is 53.3 Å². The van der Waals surface area contributed by atoms with Crippen LogP contribution in [0.2, 0.25) is 0 Å². The molecule has 43 heavy (non-hydrogen) atoms. The van der Waals surface area contributed by atoms with Gasteiger partial charge >= 0.3 is 6.09 Å². The Balaban J connectivity index is 1.41. The minimum Gasteiger partial charge on any atom is -0.476 e. The van der Waals surface area contributed by atoms with E-state index >= 15 is 4.39 Å². The number of fused-ring (bicyclic) bond motifs is 3. The third kappa shape index (κ3) is 7.18. The van der Waals surface area contributed by atoms with Crippen molar-refractivity contribution in [2.24, 2.45) is 0 Å². The Kier molecular flexibility index (Phi) is 8.51. The number of alkyl halides is 1. The van der Waals surface area contributed by atoms with Gasteiger partial charge in [0.15, 0.2) is 0 Å². The van der Waals surface area contributed by atoms with Crippen LogP contribution >= 0.6 is 0 Å². The molecule has 0 spiro atoms. The highest BCUT2D eigenvalue weighted by Crippen LogP contribution is 2.44. The fourth-order valence-corrected chi connectivity index (χ4v) is 5.57. The van der Waals surface area contributed by atoms with E-state index in [-0.39, 0.29) is 31.8 Å². The standard InChI is InChI=1S/C33H42FN5O4/c1-8-38-19-24(18-37-38)22-9-11-27-25(16-22)26-15-21(2)39(20-33(6,7)34)29(30(26)42-27)23-10-12-28(36-17-23)41-14-13-35-31(40)43-32(3,4)5/h9-12,16-19,21,29H,8,13-15,20H2,1-7H3,(H,35,40). The third-order valence-electron chi connectivity index (χ3n) is 7.41. The van der Waals surface area contributed by atoms with Gasteiger partial charge in [-0.2, -0.15) is 5.10 Å². The molecule has 0 saturated heterocycles. The van der Waals surface area contributed by atoms with Crippen LogP contribution in [0.4, 0.5) is 9.18 Å². The van der Waals surface area contributed by atoms with Crippen LogP contribution in [0.25, 0.3) is 22.1 Å². The van der Waals surface area contributed by atoms with Crippen LogP contribution in [0, 0.1) is 0 Å². The monoisotopic (exact) mass is 591 g/mol. The largest absolute Gasteiger partial charge is 0.476 e. The van der Waals surface area contributed by atoms with Crippen molar-refractivity contribution in [3.05, 3.63) is 65.8 Å². The lowest BCUT2D eigenvalue weighted by Gasteiger charge is -2.41. The molecule has 5 rings (SSSR count). The maximum atomic E-state index is 15.1. The summed E-state index contributed by atoms with van der Waals surface area (Å²) < 4.78 is 34.6. The third-order valence-corrected chi connectivity index (χ3v) is 7.41. The van der Waals surface area contributed by atoms with Gasteiger partial charge in [0.05, 0.1) is 18.8 Å². The predicted molar refractivity (Wildman–Crippen MR) is 164 cm³/mol. The van der Waals surface area contributed by atoms with Gasteiger partial charge in [0.2, 0.25) is 5.88 Å². The molecule has 230 valence electrons. The summed E-state index contributed by atoms with van der Waals surface area (Å²) in [6, 6.07) is 9.74. The zero-order valence-corrected chi connectivity index (χ0v) is 26.1. The molecule has 2 unspecified atom stereocenters. The highest BCUT2D eigenvalue weighted by molar-refractivity contribution is 5.87. The van der Waals surface area contributed by atoms with Crippen molar-refractivity contribution < 1.29 is 23.1 Å². The zero-order valence-electron chi connectivity index (χ0n) is 26.1. The van der Waals surface area contributed by atoms with Gasteiger partial charge in [-0.3, -0.25) is 9.58 Å². The minimum atomic E-state index is -1.40. The molecule has 0 aliphatic carbocycles. The van der Waals surface area contributed by atoms with Gasteiger partial charge in [0.1, 0.15) is 29.2 Å². The molecule has 0 bridgehead atoms. The van der Waals surface area contributed by atoms with Crippen molar-refractivity contribution >= 4 is 17.1 Å². The number of hydrogen-bond acceptors (Lipinski definition) is 7. The van der Waals surface area contributed by atoms with Gasteiger partial charge < -0.3 is 19.2 Å². The molecule has 2 atom stereocenters. The van der Waals surface area contributed by atoms with Crippen LogP contribution in [-0.2, 0) is 17.7 Å². The van der Waals surface area contributed by atoms with E-state index in [1.807, 2.05) is 50.0 Å². The fourth-order valence-electron chi connectivity index (χ4n) is 5.57. The second-order valence-corrected chi connectivity index (χ2v) is 12.8. The van der Waals surface area contributed by atoms with E-state index in [0.717, 1.165) is 51.9 Å². The number of nitrogens with one attached hydrogen (secondary N) is 1. The second-order valence-electron chi connectivity index (χ2n) is 12.8. The number of hydrogen-bond donors (Lipinski definition) is 1. The smallest absolute Gasteiger partial charge is 0.407 e. The average Bonchev–Trinajstić information content (AvgIpc) is 3.55. The van der Waals surface area contributed by atoms with Crippen molar-refractivity contribution in [1.29, 1.82) is 0 Å². The van der Waals surface area contributed by atoms with Crippen molar-refractivity contribution in [3.63, 3.8) is 0 Å². The number of rotatable bonds is 9. The number of halogens is 1. The van der Waals surface area contributed by atoms with Crippen LogP contribution in [-0.4, -0.2) is 62.8 Å². The van der Waals surface area contributed by atoms with Gasteiger partial charge in [0.25, 0.3) is 0 Å². The Morgan fingerprint density at radius 3 is 2.58 bits per heavy atom. The summed E-state index contributed by atoms with van der Waals surface area (Å²) in [7, 11) is 0. The first-order valence-corrected chi connectivity index (χ1v) is 14.9. The van der Waals surface area contributed by atoms with E-state index in [9.17, 15) is 4.79 Å². The summed E-state index contributed by atoms with van der Waals surface area (Å²) in [5.41, 5.74) is 3.00. The number of alkyl carbamates (subject to hydrolysis) is 1. The van der Waals surface area contributed by atoms with E-state index in [2.05, 4.69) is 46.3 Å². The second kappa shape index (κ2) is 12.0. The van der Waals surface area contributed by atoms with Gasteiger partial charge in [-0.05, 0) is 78.1 Å². The number of furan rings is 1. The zero-order chi connectivity index (χ0) is 30.9. The van der Waals surface area contributed by atoms with Crippen molar-refractivity contribution in [3.8, 4) is 17.0 Å². The van der Waals surface area contributed by atoms with Crippen LogP contribution in [0.3, 0.4) is 0 Å². The lowest BCUT2D eigenvalue weighted by Crippen LogP contribution is -2.47. The summed E-state index contributed by atoms with van der Waals surface area (Å²) >= 11 is 0. The Labute approximate surface area is 252 Å². The molecule has 1 aliphatic rings. The summed E-state index contributed by atoms with van der Waals surface area (Å²) in [5, 5.41) is 8.18. The van der Waals surface area contributed by atoms with Crippen molar-refractivity contribution in [1.82, 2.24) is 25.0 Å². The number of aryl methyl sites for hydroxylation is 1. The van der Waals surface area contributed by atoms with Gasteiger partial charge in [-0.15, -0.1) is 0 Å². The molecule has 1 amide bonds. The molecular formula is C33H42FN5O4. The lowest BCUT2D eigenvalue weighted by molar-refractivity contribution is 0.0519. The Bertz CT molecular complexity index is 1560. The summed E-state index contributed by atoms with van der Waals surface area (Å²) in [5.74, 6) is 1.24. The first kappa shape index (κ1) is 30.5. The molecule has 0 saturated carbocycles. The number of nitrogens with zero attached hydrogens (tertiary/aromatic N) is 4. The van der Waals surface area contributed by atoms with Crippen molar-refractivity contribution in [2.45, 2.75) is 84.8 Å². The average molecular weight is 592 g/mol. The lowest BCUT2D eigenvalue weighted by atomic mass is 9.88. The number of carbonyl (C=O) groups excluding carboxylic acids is 1. The van der Waals surface area contributed by atoms with Crippen LogP contribution in [0.5, 0.6) is 5.88 Å². The molecule has 10 heteroatoms. The maximum absolute atomic E-state index is 15.1. The molecule has 1 aromatic carbocycles. The first-order chi connectivity index (χ1) is 20.3. The van der Waals surface area contributed by atoms with E-state index in [1.54, 1.807) is 26.1 Å². The minimum absolute atomic E-state index is 0.0645. The van der Waals surface area contributed by atoms with E-state index in [1.165, 1.54) is 0 Å². The number of amides is 1. The first-order valence-electron chi connectivity index (χ1n) is 14.9. The number of carbonyl (C=O) groups is 1. The quantitative estimate of drug-likeness (QED) is 0.217. The number of aromatic nitrogens is 3. The molecular weight excluding hydrogens is 549 g/mol. The molecule has 4 heterocycles. The molecule has 1 aliphatic heterocycles. The molecule has 3 aromatic heterocycles. The normalized spacial score (nSPS) is 17.6. The van der Waals surface area contributed by atoms with Crippen LogP contribution in [0.1, 0.15) is 71.4 Å².